The lowest BCUT2D eigenvalue weighted by Gasteiger charge is -2.34. The molecule has 1 saturated heterocycles. The number of rotatable bonds is 9. The van der Waals surface area contributed by atoms with Gasteiger partial charge in [-0.2, -0.15) is 0 Å². The van der Waals surface area contributed by atoms with Gasteiger partial charge in [0.2, 0.25) is 0 Å². The van der Waals surface area contributed by atoms with Crippen molar-refractivity contribution in [2.24, 2.45) is 0 Å². The van der Waals surface area contributed by atoms with Crippen molar-refractivity contribution in [3.05, 3.63) is 59.1 Å². The highest BCUT2D eigenvalue weighted by Crippen LogP contribution is 2.16. The zero-order valence-electron chi connectivity index (χ0n) is 17.5. The van der Waals surface area contributed by atoms with Crippen LogP contribution in [0.3, 0.4) is 0 Å². The number of halogens is 1. The predicted octanol–water partition coefficient (Wildman–Crippen LogP) is 4.04. The summed E-state index contributed by atoms with van der Waals surface area (Å²) < 4.78 is 10.9. The first-order chi connectivity index (χ1) is 14.6. The quantitative estimate of drug-likeness (QED) is 0.609. The van der Waals surface area contributed by atoms with Gasteiger partial charge in [-0.05, 0) is 54.8 Å². The molecule has 2 aromatic carbocycles. The number of hydrogen-bond donors (Lipinski definition) is 1. The standard InChI is InChI=1S/C23H30ClN3O3/c1-29-21-8-4-19(5-9-21)18-26-13-15-27(16-14-26)23(28)25-12-2-3-17-30-22-10-6-20(24)7-11-22/h4-11H,2-3,12-18H2,1H3,(H,25,28). The number of hydrogen-bond acceptors (Lipinski definition) is 4. The molecular formula is C23H30ClN3O3. The summed E-state index contributed by atoms with van der Waals surface area (Å²) in [6.07, 6.45) is 1.77. The first-order valence-corrected chi connectivity index (χ1v) is 10.8. The molecule has 0 spiro atoms. The molecule has 0 aliphatic carbocycles. The summed E-state index contributed by atoms with van der Waals surface area (Å²) in [4.78, 5) is 16.6. The highest BCUT2D eigenvalue weighted by atomic mass is 35.5. The molecule has 6 nitrogen and oxygen atoms in total. The molecule has 0 atom stereocenters. The SMILES string of the molecule is COc1ccc(CN2CCN(C(=O)NCCCCOc3ccc(Cl)cc3)CC2)cc1. The maximum absolute atomic E-state index is 12.4. The van der Waals surface area contributed by atoms with Crippen molar-refractivity contribution in [3.8, 4) is 11.5 Å². The Balaban J connectivity index is 1.26. The van der Waals surface area contributed by atoms with Crippen molar-refractivity contribution in [2.45, 2.75) is 19.4 Å². The molecule has 0 saturated carbocycles. The Morgan fingerprint density at radius 2 is 1.63 bits per heavy atom. The molecule has 0 unspecified atom stereocenters. The monoisotopic (exact) mass is 431 g/mol. The lowest BCUT2D eigenvalue weighted by Crippen LogP contribution is -2.51. The molecule has 7 heteroatoms. The van der Waals surface area contributed by atoms with Crippen LogP contribution in [0, 0.1) is 0 Å². The van der Waals surface area contributed by atoms with Gasteiger partial charge in [0.15, 0.2) is 0 Å². The van der Waals surface area contributed by atoms with Crippen LogP contribution in [0.4, 0.5) is 4.79 Å². The normalized spacial score (nSPS) is 14.4. The highest BCUT2D eigenvalue weighted by molar-refractivity contribution is 6.30. The summed E-state index contributed by atoms with van der Waals surface area (Å²) >= 11 is 5.86. The van der Waals surface area contributed by atoms with E-state index in [-0.39, 0.29) is 6.03 Å². The van der Waals surface area contributed by atoms with Crippen LogP contribution in [0.2, 0.25) is 5.02 Å². The van der Waals surface area contributed by atoms with E-state index in [4.69, 9.17) is 21.1 Å². The van der Waals surface area contributed by atoms with Crippen LogP contribution in [-0.4, -0.2) is 62.3 Å². The fourth-order valence-corrected chi connectivity index (χ4v) is 3.48. The van der Waals surface area contributed by atoms with E-state index >= 15 is 0 Å². The van der Waals surface area contributed by atoms with Crippen LogP contribution >= 0.6 is 11.6 Å². The number of methoxy groups -OCH3 is 1. The topological polar surface area (TPSA) is 54.0 Å². The summed E-state index contributed by atoms with van der Waals surface area (Å²) in [5, 5.41) is 3.72. The van der Waals surface area contributed by atoms with E-state index in [9.17, 15) is 4.79 Å². The summed E-state index contributed by atoms with van der Waals surface area (Å²) in [6, 6.07) is 15.5. The molecule has 1 N–H and O–H groups in total. The molecule has 2 aromatic rings. The van der Waals surface area contributed by atoms with E-state index in [1.807, 2.05) is 41.3 Å². The van der Waals surface area contributed by atoms with E-state index in [1.54, 1.807) is 7.11 Å². The highest BCUT2D eigenvalue weighted by Gasteiger charge is 2.20. The van der Waals surface area contributed by atoms with Gasteiger partial charge in [0, 0.05) is 44.3 Å². The number of carbonyl (C=O) groups excluding carboxylic acids is 1. The summed E-state index contributed by atoms with van der Waals surface area (Å²) in [5.41, 5.74) is 1.26. The number of nitrogens with zero attached hydrogens (tertiary/aromatic N) is 2. The van der Waals surface area contributed by atoms with Gasteiger partial charge in [0.1, 0.15) is 11.5 Å². The molecule has 2 amide bonds. The van der Waals surface area contributed by atoms with Crippen LogP contribution in [-0.2, 0) is 6.54 Å². The molecule has 0 radical (unpaired) electrons. The molecular weight excluding hydrogens is 402 g/mol. The zero-order valence-corrected chi connectivity index (χ0v) is 18.2. The fourth-order valence-electron chi connectivity index (χ4n) is 3.35. The van der Waals surface area contributed by atoms with Crippen molar-refractivity contribution in [1.82, 2.24) is 15.1 Å². The number of unbranched alkanes of at least 4 members (excludes halogenated alkanes) is 1. The van der Waals surface area contributed by atoms with Crippen molar-refractivity contribution in [2.75, 3.05) is 46.4 Å². The average molecular weight is 432 g/mol. The van der Waals surface area contributed by atoms with Crippen LogP contribution in [0.1, 0.15) is 18.4 Å². The van der Waals surface area contributed by atoms with Gasteiger partial charge in [0.05, 0.1) is 13.7 Å². The van der Waals surface area contributed by atoms with Crippen LogP contribution in [0.5, 0.6) is 11.5 Å². The molecule has 1 aliphatic heterocycles. The Bertz CT molecular complexity index is 775. The largest absolute Gasteiger partial charge is 0.497 e. The van der Waals surface area contributed by atoms with Gasteiger partial charge in [-0.15, -0.1) is 0 Å². The Labute approximate surface area is 183 Å². The van der Waals surface area contributed by atoms with E-state index < -0.39 is 0 Å². The number of piperazine rings is 1. The molecule has 1 heterocycles. The van der Waals surface area contributed by atoms with Gasteiger partial charge in [-0.3, -0.25) is 4.90 Å². The van der Waals surface area contributed by atoms with Gasteiger partial charge >= 0.3 is 6.03 Å². The van der Waals surface area contributed by atoms with Crippen molar-refractivity contribution in [1.29, 1.82) is 0 Å². The summed E-state index contributed by atoms with van der Waals surface area (Å²) in [5.74, 6) is 1.69. The van der Waals surface area contributed by atoms with Crippen molar-refractivity contribution >= 4 is 17.6 Å². The maximum Gasteiger partial charge on any atom is 0.317 e. The molecule has 1 aliphatic rings. The van der Waals surface area contributed by atoms with Crippen LogP contribution in [0.25, 0.3) is 0 Å². The Morgan fingerprint density at radius 1 is 0.967 bits per heavy atom. The van der Waals surface area contributed by atoms with Gasteiger partial charge in [0.25, 0.3) is 0 Å². The summed E-state index contributed by atoms with van der Waals surface area (Å²) in [6.45, 7) is 5.45. The van der Waals surface area contributed by atoms with E-state index in [0.29, 0.717) is 18.2 Å². The third-order valence-corrected chi connectivity index (χ3v) is 5.41. The second-order valence-electron chi connectivity index (χ2n) is 7.35. The number of ether oxygens (including phenoxy) is 2. The first-order valence-electron chi connectivity index (χ1n) is 10.4. The van der Waals surface area contributed by atoms with Gasteiger partial charge in [-0.25, -0.2) is 4.79 Å². The third kappa shape index (κ3) is 7.11. The molecule has 3 rings (SSSR count). The van der Waals surface area contributed by atoms with Crippen LogP contribution < -0.4 is 14.8 Å². The van der Waals surface area contributed by atoms with E-state index in [2.05, 4.69) is 22.3 Å². The minimum Gasteiger partial charge on any atom is -0.497 e. The fraction of sp³-hybridized carbons (Fsp3) is 0.435. The second kappa shape index (κ2) is 11.7. The molecule has 1 fully saturated rings. The third-order valence-electron chi connectivity index (χ3n) is 5.15. The Kier molecular flexibility index (Phi) is 8.66. The Hall–Kier alpha value is -2.44. The zero-order chi connectivity index (χ0) is 21.2. The second-order valence-corrected chi connectivity index (χ2v) is 7.79. The minimum absolute atomic E-state index is 0.0257. The number of carbonyl (C=O) groups is 1. The van der Waals surface area contributed by atoms with E-state index in [1.165, 1.54) is 5.56 Å². The van der Waals surface area contributed by atoms with Crippen molar-refractivity contribution in [3.63, 3.8) is 0 Å². The number of amides is 2. The number of nitrogens with one attached hydrogen (secondary N) is 1. The average Bonchev–Trinajstić information content (AvgIpc) is 2.78. The first kappa shape index (κ1) is 22.2. The molecule has 0 aromatic heterocycles. The lowest BCUT2D eigenvalue weighted by atomic mass is 10.2. The number of benzene rings is 2. The van der Waals surface area contributed by atoms with E-state index in [0.717, 1.165) is 57.1 Å². The van der Waals surface area contributed by atoms with Gasteiger partial charge in [-0.1, -0.05) is 23.7 Å². The molecule has 162 valence electrons. The number of urea groups is 1. The van der Waals surface area contributed by atoms with Gasteiger partial charge < -0.3 is 19.7 Å². The lowest BCUT2D eigenvalue weighted by molar-refractivity contribution is 0.135. The molecule has 30 heavy (non-hydrogen) atoms. The summed E-state index contributed by atoms with van der Waals surface area (Å²) in [7, 11) is 1.68. The smallest absolute Gasteiger partial charge is 0.317 e. The van der Waals surface area contributed by atoms with Crippen LogP contribution in [0.15, 0.2) is 48.5 Å². The Morgan fingerprint density at radius 3 is 2.30 bits per heavy atom. The predicted molar refractivity (Wildman–Crippen MR) is 119 cm³/mol. The maximum atomic E-state index is 12.4. The minimum atomic E-state index is 0.0257. The van der Waals surface area contributed by atoms with Crippen molar-refractivity contribution < 1.29 is 14.3 Å². The molecule has 0 bridgehead atoms.